The lowest BCUT2D eigenvalue weighted by molar-refractivity contribution is 0.522. The minimum atomic E-state index is 0.735. The van der Waals surface area contributed by atoms with Gasteiger partial charge in [-0.15, -0.1) is 0 Å². The van der Waals surface area contributed by atoms with E-state index in [1.807, 2.05) is 6.20 Å². The zero-order valence-electron chi connectivity index (χ0n) is 14.0. The fourth-order valence-electron chi connectivity index (χ4n) is 3.11. The van der Waals surface area contributed by atoms with Crippen molar-refractivity contribution < 1.29 is 0 Å². The molecule has 0 bridgehead atoms. The van der Waals surface area contributed by atoms with Gasteiger partial charge in [0, 0.05) is 36.6 Å². The Morgan fingerprint density at radius 1 is 1.08 bits per heavy atom. The summed E-state index contributed by atoms with van der Waals surface area (Å²) in [6.45, 7) is 3.89. The standard InChI is InChI=1S/C20H22N4/c1-15-5-8-18(21-12-15)13-22-17-9-6-16(7-10-17)19-14-24-11-3-2-4-20(24)23-19/h5-10,12,14,22H,2-4,11,13H2,1H3. The van der Waals surface area contributed by atoms with Crippen LogP contribution in [0.1, 0.15) is 29.9 Å². The van der Waals surface area contributed by atoms with Crippen LogP contribution in [0.15, 0.2) is 48.8 Å². The van der Waals surface area contributed by atoms with Crippen LogP contribution in [0, 0.1) is 6.92 Å². The number of aromatic nitrogens is 3. The zero-order valence-corrected chi connectivity index (χ0v) is 14.0. The average molecular weight is 318 g/mol. The molecule has 2 aromatic heterocycles. The molecule has 0 aliphatic carbocycles. The molecule has 0 unspecified atom stereocenters. The van der Waals surface area contributed by atoms with Crippen molar-refractivity contribution in [3.05, 3.63) is 65.9 Å². The number of hydrogen-bond acceptors (Lipinski definition) is 3. The van der Waals surface area contributed by atoms with Gasteiger partial charge in [0.25, 0.3) is 0 Å². The van der Waals surface area contributed by atoms with Crippen LogP contribution in [0.5, 0.6) is 0 Å². The molecule has 24 heavy (non-hydrogen) atoms. The maximum absolute atomic E-state index is 4.79. The van der Waals surface area contributed by atoms with Crippen molar-refractivity contribution in [1.82, 2.24) is 14.5 Å². The van der Waals surface area contributed by atoms with Gasteiger partial charge >= 0.3 is 0 Å². The van der Waals surface area contributed by atoms with Gasteiger partial charge < -0.3 is 9.88 Å². The molecule has 4 heteroatoms. The number of benzene rings is 1. The highest BCUT2D eigenvalue weighted by atomic mass is 15.1. The highest BCUT2D eigenvalue weighted by molar-refractivity contribution is 5.62. The van der Waals surface area contributed by atoms with Crippen LogP contribution >= 0.6 is 0 Å². The van der Waals surface area contributed by atoms with Crippen LogP contribution in [-0.2, 0) is 19.5 Å². The smallest absolute Gasteiger partial charge is 0.109 e. The van der Waals surface area contributed by atoms with E-state index < -0.39 is 0 Å². The molecule has 0 atom stereocenters. The molecule has 0 amide bonds. The second-order valence-electron chi connectivity index (χ2n) is 6.45. The van der Waals surface area contributed by atoms with Crippen LogP contribution in [0.25, 0.3) is 11.3 Å². The summed E-state index contributed by atoms with van der Waals surface area (Å²) in [6.07, 6.45) is 7.71. The number of hydrogen-bond donors (Lipinski definition) is 1. The van der Waals surface area contributed by atoms with Gasteiger partial charge in [0.1, 0.15) is 5.82 Å². The highest BCUT2D eigenvalue weighted by Gasteiger charge is 2.13. The zero-order chi connectivity index (χ0) is 16.4. The first kappa shape index (κ1) is 14.9. The molecule has 3 heterocycles. The Balaban J connectivity index is 1.44. The monoisotopic (exact) mass is 318 g/mol. The summed E-state index contributed by atoms with van der Waals surface area (Å²) in [6, 6.07) is 12.7. The molecule has 0 spiro atoms. The number of nitrogens with zero attached hydrogens (tertiary/aromatic N) is 3. The molecule has 1 N–H and O–H groups in total. The lowest BCUT2D eigenvalue weighted by Gasteiger charge is -2.11. The predicted octanol–water partition coefficient (Wildman–Crippen LogP) is 4.20. The third-order valence-electron chi connectivity index (χ3n) is 4.54. The van der Waals surface area contributed by atoms with Crippen molar-refractivity contribution in [2.24, 2.45) is 0 Å². The summed E-state index contributed by atoms with van der Waals surface area (Å²) in [5, 5.41) is 3.42. The second-order valence-corrected chi connectivity index (χ2v) is 6.45. The van der Waals surface area contributed by atoms with Crippen molar-refractivity contribution in [1.29, 1.82) is 0 Å². The van der Waals surface area contributed by atoms with E-state index >= 15 is 0 Å². The normalized spacial score (nSPS) is 13.5. The second kappa shape index (κ2) is 6.48. The fourth-order valence-corrected chi connectivity index (χ4v) is 3.11. The van der Waals surface area contributed by atoms with Crippen molar-refractivity contribution in [2.45, 2.75) is 39.3 Å². The number of fused-ring (bicyclic) bond motifs is 1. The van der Waals surface area contributed by atoms with E-state index in [-0.39, 0.29) is 0 Å². The summed E-state index contributed by atoms with van der Waals surface area (Å²) < 4.78 is 2.30. The summed E-state index contributed by atoms with van der Waals surface area (Å²) in [5.74, 6) is 1.23. The Labute approximate surface area is 142 Å². The van der Waals surface area contributed by atoms with E-state index in [4.69, 9.17) is 4.98 Å². The first-order chi connectivity index (χ1) is 11.8. The molecule has 0 saturated heterocycles. The lowest BCUT2D eigenvalue weighted by atomic mass is 10.1. The van der Waals surface area contributed by atoms with E-state index in [9.17, 15) is 0 Å². The Morgan fingerprint density at radius 3 is 2.71 bits per heavy atom. The van der Waals surface area contributed by atoms with Crippen LogP contribution in [-0.4, -0.2) is 14.5 Å². The van der Waals surface area contributed by atoms with E-state index in [0.29, 0.717) is 0 Å². The summed E-state index contributed by atoms with van der Waals surface area (Å²) >= 11 is 0. The summed E-state index contributed by atoms with van der Waals surface area (Å²) in [5.41, 5.74) is 5.59. The number of imidazole rings is 1. The molecule has 0 radical (unpaired) electrons. The molecule has 4 rings (SSSR count). The first-order valence-electron chi connectivity index (χ1n) is 8.60. The quantitative estimate of drug-likeness (QED) is 0.784. The number of nitrogens with one attached hydrogen (secondary N) is 1. The maximum Gasteiger partial charge on any atom is 0.109 e. The number of rotatable bonds is 4. The van der Waals surface area contributed by atoms with Gasteiger partial charge in [0.2, 0.25) is 0 Å². The van der Waals surface area contributed by atoms with E-state index in [1.54, 1.807) is 0 Å². The molecule has 1 aromatic carbocycles. The number of pyridine rings is 1. The van der Waals surface area contributed by atoms with Crippen LogP contribution in [0.3, 0.4) is 0 Å². The van der Waals surface area contributed by atoms with E-state index in [0.717, 1.165) is 36.6 Å². The molecule has 122 valence electrons. The minimum Gasteiger partial charge on any atom is -0.379 e. The highest BCUT2D eigenvalue weighted by Crippen LogP contribution is 2.24. The van der Waals surface area contributed by atoms with Gasteiger partial charge in [-0.25, -0.2) is 4.98 Å². The van der Waals surface area contributed by atoms with Crippen molar-refractivity contribution in [2.75, 3.05) is 5.32 Å². The Bertz CT molecular complexity index is 792. The molecule has 1 aliphatic heterocycles. The molecular formula is C20H22N4. The number of anilines is 1. The molecule has 0 fully saturated rings. The fraction of sp³-hybridized carbons (Fsp3) is 0.300. The first-order valence-corrected chi connectivity index (χ1v) is 8.60. The van der Waals surface area contributed by atoms with Crippen LogP contribution < -0.4 is 5.32 Å². The third-order valence-corrected chi connectivity index (χ3v) is 4.54. The topological polar surface area (TPSA) is 42.7 Å². The SMILES string of the molecule is Cc1ccc(CNc2ccc(-c3cn4c(n3)CCCC4)cc2)nc1. The summed E-state index contributed by atoms with van der Waals surface area (Å²) in [4.78, 5) is 9.21. The van der Waals surface area contributed by atoms with Crippen LogP contribution in [0.4, 0.5) is 5.69 Å². The van der Waals surface area contributed by atoms with Gasteiger partial charge in [-0.2, -0.15) is 0 Å². The maximum atomic E-state index is 4.79. The predicted molar refractivity (Wildman–Crippen MR) is 96.9 cm³/mol. The lowest BCUT2D eigenvalue weighted by Crippen LogP contribution is -2.08. The molecule has 1 aliphatic rings. The Hall–Kier alpha value is -2.62. The van der Waals surface area contributed by atoms with Gasteiger partial charge in [0.15, 0.2) is 0 Å². The van der Waals surface area contributed by atoms with Gasteiger partial charge in [-0.1, -0.05) is 18.2 Å². The van der Waals surface area contributed by atoms with Gasteiger partial charge in [-0.05, 0) is 43.5 Å². The molecular weight excluding hydrogens is 296 g/mol. The van der Waals surface area contributed by atoms with Gasteiger partial charge in [-0.3, -0.25) is 4.98 Å². The molecule has 0 saturated carbocycles. The van der Waals surface area contributed by atoms with Crippen molar-refractivity contribution in [3.63, 3.8) is 0 Å². The van der Waals surface area contributed by atoms with Crippen molar-refractivity contribution >= 4 is 5.69 Å². The number of aryl methyl sites for hydroxylation is 3. The van der Waals surface area contributed by atoms with Crippen molar-refractivity contribution in [3.8, 4) is 11.3 Å². The van der Waals surface area contributed by atoms with E-state index in [1.165, 1.54) is 29.8 Å². The Kier molecular flexibility index (Phi) is 4.03. The van der Waals surface area contributed by atoms with Crippen LogP contribution in [0.2, 0.25) is 0 Å². The third kappa shape index (κ3) is 3.18. The largest absolute Gasteiger partial charge is 0.379 e. The molecule has 3 aromatic rings. The Morgan fingerprint density at radius 2 is 1.96 bits per heavy atom. The van der Waals surface area contributed by atoms with E-state index in [2.05, 4.69) is 64.4 Å². The summed E-state index contributed by atoms with van der Waals surface area (Å²) in [7, 11) is 0. The minimum absolute atomic E-state index is 0.735. The average Bonchev–Trinajstić information content (AvgIpc) is 3.06. The van der Waals surface area contributed by atoms with Gasteiger partial charge in [0.05, 0.1) is 17.9 Å². The molecule has 4 nitrogen and oxygen atoms in total.